The fraction of sp³-hybridized carbons (Fsp3) is 0.786. The molecule has 0 saturated carbocycles. The number of aliphatic hydroxyl groups is 1. The van der Waals surface area contributed by atoms with Gasteiger partial charge in [0.15, 0.2) is 0 Å². The van der Waals surface area contributed by atoms with E-state index in [0.717, 1.165) is 50.7 Å². The Balaban J connectivity index is 0.000000228. The number of amidine groups is 4. The van der Waals surface area contributed by atoms with Crippen molar-refractivity contribution in [3.05, 3.63) is 75.5 Å². The van der Waals surface area contributed by atoms with Crippen LogP contribution in [0.5, 0.6) is 5.75 Å². The molecular weight excluding hydrogens is 1430 g/mol. The number of hydrogen-bond donors (Lipinski definition) is 1. The van der Waals surface area contributed by atoms with E-state index >= 15 is 0 Å². The normalized spacial score (nSPS) is 24.2. The quantitative estimate of drug-likeness (QED) is 0.271. The number of sulfonamides is 3. The highest BCUT2D eigenvalue weighted by Gasteiger charge is 2.55. The summed E-state index contributed by atoms with van der Waals surface area (Å²) in [6.07, 6.45) is 0.576. The molecule has 9 rings (SSSR count). The van der Waals surface area contributed by atoms with Crippen LogP contribution in [-0.4, -0.2) is 181 Å². The molecule has 108 heavy (non-hydrogen) atoms. The predicted octanol–water partition coefficient (Wildman–Crippen LogP) is 17.7. The summed E-state index contributed by atoms with van der Waals surface area (Å²) in [6.45, 7) is 79.0. The third-order valence-electron chi connectivity index (χ3n) is 20.7. The van der Waals surface area contributed by atoms with Gasteiger partial charge >= 0.3 is 0 Å². The minimum absolute atomic E-state index is 0.0187. The van der Waals surface area contributed by atoms with Crippen LogP contribution < -0.4 is 4.74 Å². The maximum absolute atomic E-state index is 13.7. The van der Waals surface area contributed by atoms with Gasteiger partial charge in [0.05, 0.1) is 63.2 Å². The van der Waals surface area contributed by atoms with Crippen molar-refractivity contribution in [2.24, 2.45) is 90.9 Å². The van der Waals surface area contributed by atoms with E-state index < -0.39 is 48.5 Å². The molecule has 8 aliphatic rings. The summed E-state index contributed by atoms with van der Waals surface area (Å²) in [5, 5.41) is 9.38. The number of aliphatic hydroxyl groups excluding tert-OH is 1. The van der Waals surface area contributed by atoms with Gasteiger partial charge in [0.1, 0.15) is 46.7 Å². The lowest BCUT2D eigenvalue weighted by Gasteiger charge is -2.52. The molecule has 1 N–H and O–H groups in total. The lowest BCUT2D eigenvalue weighted by molar-refractivity contribution is 0.117. The number of halogens is 2. The number of hydrogen-bond acceptors (Lipinski definition) is 16. The van der Waals surface area contributed by atoms with Gasteiger partial charge in [-0.05, 0) is 77.7 Å². The molecule has 0 spiro atoms. The van der Waals surface area contributed by atoms with Gasteiger partial charge in [0.2, 0.25) is 20.0 Å². The topological polar surface area (TPSA) is 204 Å². The molecule has 0 bridgehead atoms. The van der Waals surface area contributed by atoms with Crippen molar-refractivity contribution in [3.8, 4) is 5.75 Å². The van der Waals surface area contributed by atoms with Crippen LogP contribution in [-0.2, 0) is 36.6 Å². The zero-order chi connectivity index (χ0) is 83.4. The van der Waals surface area contributed by atoms with Crippen LogP contribution in [0.4, 0.5) is 8.78 Å². The summed E-state index contributed by atoms with van der Waals surface area (Å²) in [5.74, 6) is 3.66. The fourth-order valence-corrected chi connectivity index (χ4v) is 20.5. The van der Waals surface area contributed by atoms with Gasteiger partial charge in [0, 0.05) is 76.9 Å². The van der Waals surface area contributed by atoms with Crippen molar-refractivity contribution < 1.29 is 43.9 Å². The molecule has 1 aromatic carbocycles. The van der Waals surface area contributed by atoms with Crippen molar-refractivity contribution >= 4 is 53.4 Å². The second-order valence-corrected chi connectivity index (χ2v) is 49.4. The molecule has 1 aromatic rings. The Bertz CT molecular complexity index is 4070. The molecule has 24 heteroatoms. The van der Waals surface area contributed by atoms with Crippen LogP contribution in [0.3, 0.4) is 0 Å². The minimum atomic E-state index is -3.84. The summed E-state index contributed by atoms with van der Waals surface area (Å²) in [6, 6.07) is 7.89. The maximum atomic E-state index is 13.7. The minimum Gasteiger partial charge on any atom is -0.497 e. The van der Waals surface area contributed by atoms with E-state index in [-0.39, 0.29) is 127 Å². The molecule has 5 atom stereocenters. The molecule has 8 heterocycles. The largest absolute Gasteiger partial charge is 0.497 e. The summed E-state index contributed by atoms with van der Waals surface area (Å²) in [5.41, 5.74) is 7.49. The van der Waals surface area contributed by atoms with E-state index in [2.05, 4.69) is 219 Å². The number of benzene rings is 1. The third-order valence-corrected chi connectivity index (χ3v) is 25.6. The second kappa shape index (κ2) is 30.9. The average Bonchev–Trinajstić information content (AvgIpc) is 0.732. The first-order chi connectivity index (χ1) is 48.1. The Morgan fingerprint density at radius 3 is 1.14 bits per heavy atom. The number of β-amino-alcohol motifs (C(OH)–C–C–N with tert-alkyl or cyclic N) is 1. The molecule has 0 aliphatic carbocycles. The van der Waals surface area contributed by atoms with Gasteiger partial charge in [-0.3, -0.25) is 20.0 Å². The number of aliphatic imine (C=N–C) groups is 4. The molecule has 0 radical (unpaired) electrons. The standard InChI is InChI=1S/C26H41N3O3S.C20H35F2N3O2S.C20H37N3O3S.C18H32N2/c1-24(2,3)21-20-16-28(15-18-11-13-19(32-10)14-12-18)17-33(30,31)29(20)23(26(7,8)9)27-22(21)25(4,5)6;1-18(2,3)15-13-10-24(11-14(21)22)28(26,27)12-25(13)17(20(7,8)9)23-16(15)19(4,5)6;1-18(2,3)15-14-12-22(10-11-24)27(25,26)13-23(14)17(20(7,8)9)21-16(15)19(4,5)6;1-16(2,3)13-12-10-11-20(12)15(18(7,8)9)19-14(13)17(4,5)6/h11-14,16,21-22H,15,17H2,1-10H3;14,16H,10-12H2,1-9H3;16,24H,10-13H2,1-9H3;14H,10-11H2,1-9H3. The predicted molar refractivity (Wildman–Crippen MR) is 444 cm³/mol. The molecular formula is C84H145F2N11O8S3. The smallest absolute Gasteiger partial charge is 0.258 e. The summed E-state index contributed by atoms with van der Waals surface area (Å²) < 4.78 is 114. The summed E-state index contributed by atoms with van der Waals surface area (Å²) >= 11 is 0. The van der Waals surface area contributed by atoms with Crippen molar-refractivity contribution in [1.29, 1.82) is 0 Å². The van der Waals surface area contributed by atoms with Gasteiger partial charge in [-0.25, -0.2) is 38.3 Å². The number of ether oxygens (including phenoxy) is 1. The van der Waals surface area contributed by atoms with Gasteiger partial charge in [0.25, 0.3) is 16.4 Å². The second-order valence-electron chi connectivity index (χ2n) is 43.7. The summed E-state index contributed by atoms with van der Waals surface area (Å²) in [4.78, 5) is 28.7. The van der Waals surface area contributed by atoms with Crippen LogP contribution in [0, 0.1) is 70.9 Å². The molecule has 3 fully saturated rings. The van der Waals surface area contributed by atoms with E-state index in [1.807, 2.05) is 75.6 Å². The van der Waals surface area contributed by atoms with E-state index in [9.17, 15) is 39.1 Å². The average molecular weight is 1570 g/mol. The number of nitrogens with zero attached hydrogens (tertiary/aromatic N) is 11. The monoisotopic (exact) mass is 1570 g/mol. The Morgan fingerprint density at radius 2 is 0.824 bits per heavy atom. The van der Waals surface area contributed by atoms with E-state index in [4.69, 9.17) is 24.7 Å². The molecule has 3 saturated heterocycles. The van der Waals surface area contributed by atoms with E-state index in [1.54, 1.807) is 27.6 Å². The van der Waals surface area contributed by atoms with E-state index in [1.165, 1.54) is 22.1 Å². The first-order valence-corrected chi connectivity index (χ1v) is 43.8. The number of rotatable bonds is 7. The Hall–Kier alpha value is -4.75. The highest BCUT2D eigenvalue weighted by molar-refractivity contribution is 7.90. The van der Waals surface area contributed by atoms with Crippen LogP contribution in [0.25, 0.3) is 0 Å². The first-order valence-electron chi connectivity index (χ1n) is 39.0. The lowest BCUT2D eigenvalue weighted by atomic mass is 9.66. The van der Waals surface area contributed by atoms with Gasteiger partial charge in [-0.1, -0.05) is 261 Å². The highest BCUT2D eigenvalue weighted by Crippen LogP contribution is 2.53. The van der Waals surface area contributed by atoms with Gasteiger partial charge < -0.3 is 29.4 Å². The van der Waals surface area contributed by atoms with Crippen LogP contribution in [0.2, 0.25) is 0 Å². The maximum Gasteiger partial charge on any atom is 0.258 e. The Morgan fingerprint density at radius 1 is 0.454 bits per heavy atom. The van der Waals surface area contributed by atoms with Crippen LogP contribution >= 0.6 is 0 Å². The van der Waals surface area contributed by atoms with Crippen LogP contribution in [0.1, 0.15) is 261 Å². The zero-order valence-corrected chi connectivity index (χ0v) is 76.3. The SMILES string of the molecule is CC(C)(C)C1=NC(C(C)(C)C)C(C(C)(C)C)=C2CCN12.CC(C)(C)C1=NC(C(C)(C)C)C(C(C)(C)C)=C2CN(CC(F)F)S(=O)(=O)CN12.CC(C)(C)C1=NC(C(C)(C)C)C(C(C)(C)C)=C2CN(CCO)S(=O)(=O)CN12.COc1ccc(CN2C=C3C(C(C)(C)C)C(C(C)(C)C)N=C(C(C)(C)C)N3S(=O)(=O)C2)cc1. The lowest BCUT2D eigenvalue weighted by Crippen LogP contribution is -2.58. The molecule has 0 amide bonds. The van der Waals surface area contributed by atoms with Crippen molar-refractivity contribution in [1.82, 2.24) is 32.5 Å². The molecule has 8 aliphatic heterocycles. The molecule has 0 aromatic heterocycles. The highest BCUT2D eigenvalue weighted by atomic mass is 32.2. The number of alkyl halides is 2. The van der Waals surface area contributed by atoms with Crippen molar-refractivity contribution in [2.75, 3.05) is 64.1 Å². The van der Waals surface area contributed by atoms with Crippen molar-refractivity contribution in [3.63, 3.8) is 0 Å². The van der Waals surface area contributed by atoms with Crippen molar-refractivity contribution in [2.45, 2.75) is 293 Å². The van der Waals surface area contributed by atoms with Crippen LogP contribution in [0.15, 0.2) is 89.9 Å². The zero-order valence-electron chi connectivity index (χ0n) is 73.8. The molecule has 5 unspecified atom stereocenters. The van der Waals surface area contributed by atoms with Gasteiger partial charge in [-0.15, -0.1) is 0 Å². The Kier molecular flexibility index (Phi) is 26.3. The molecule has 19 nitrogen and oxygen atoms in total. The molecule has 616 valence electrons. The fourth-order valence-electron chi connectivity index (χ4n) is 15.9. The first kappa shape index (κ1) is 92.1. The number of methoxy groups -OCH3 is 1. The summed E-state index contributed by atoms with van der Waals surface area (Å²) in [7, 11) is -9.31. The Labute approximate surface area is 655 Å². The number of fused-ring (bicyclic) bond motifs is 4. The third kappa shape index (κ3) is 21.0. The van der Waals surface area contributed by atoms with E-state index in [0.29, 0.717) is 24.3 Å². The van der Waals surface area contributed by atoms with Gasteiger partial charge in [-0.2, -0.15) is 8.61 Å².